The lowest BCUT2D eigenvalue weighted by Crippen LogP contribution is -2.38. The second-order valence-electron chi connectivity index (χ2n) is 5.89. The van der Waals surface area contributed by atoms with Crippen molar-refractivity contribution < 1.29 is 4.74 Å². The average molecular weight is 308 g/mol. The van der Waals surface area contributed by atoms with E-state index in [-0.39, 0.29) is 0 Å². The van der Waals surface area contributed by atoms with Gasteiger partial charge in [-0.2, -0.15) is 5.26 Å². The first-order valence-electron chi connectivity index (χ1n) is 7.92. The van der Waals surface area contributed by atoms with Gasteiger partial charge in [0.1, 0.15) is 23.3 Å². The van der Waals surface area contributed by atoms with E-state index in [0.29, 0.717) is 18.2 Å². The van der Waals surface area contributed by atoms with Gasteiger partial charge in [-0.3, -0.25) is 4.98 Å². The van der Waals surface area contributed by atoms with Crippen LogP contribution in [0.5, 0.6) is 5.75 Å². The first kappa shape index (κ1) is 15.3. The summed E-state index contributed by atoms with van der Waals surface area (Å²) >= 11 is 0. The van der Waals surface area contributed by atoms with Crippen molar-refractivity contribution in [2.45, 2.75) is 19.8 Å². The van der Waals surface area contributed by atoms with E-state index in [4.69, 9.17) is 10.00 Å². The molecule has 0 N–H and O–H groups in total. The fourth-order valence-electron chi connectivity index (χ4n) is 2.89. The minimum atomic E-state index is 0.463. The molecule has 2 aromatic rings. The predicted octanol–water partition coefficient (Wildman–Crippen LogP) is 2.95. The summed E-state index contributed by atoms with van der Waals surface area (Å²) in [6.45, 7) is 4.54. The zero-order chi connectivity index (χ0) is 16.1. The Bertz CT molecular complexity index is 710. The molecule has 0 aliphatic carbocycles. The van der Waals surface area contributed by atoms with Gasteiger partial charge in [0.15, 0.2) is 0 Å². The molecule has 2 aromatic heterocycles. The van der Waals surface area contributed by atoms with Gasteiger partial charge in [-0.25, -0.2) is 4.98 Å². The maximum Gasteiger partial charge on any atom is 0.142 e. The Balaban J connectivity index is 1.61. The van der Waals surface area contributed by atoms with Crippen LogP contribution in [0.2, 0.25) is 0 Å². The van der Waals surface area contributed by atoms with E-state index >= 15 is 0 Å². The van der Waals surface area contributed by atoms with Gasteiger partial charge in [0, 0.05) is 37.0 Å². The largest absolute Gasteiger partial charge is 0.493 e. The lowest BCUT2D eigenvalue weighted by molar-refractivity contribution is 0.228. The highest BCUT2D eigenvalue weighted by molar-refractivity contribution is 5.42. The highest BCUT2D eigenvalue weighted by Crippen LogP contribution is 2.23. The zero-order valence-corrected chi connectivity index (χ0v) is 13.3. The summed E-state index contributed by atoms with van der Waals surface area (Å²) in [5.41, 5.74) is 1.43. The Morgan fingerprint density at radius 1 is 1.39 bits per heavy atom. The Hall–Kier alpha value is -2.61. The molecule has 1 aliphatic rings. The second-order valence-corrected chi connectivity index (χ2v) is 5.89. The molecule has 5 nitrogen and oxygen atoms in total. The molecule has 0 aromatic carbocycles. The van der Waals surface area contributed by atoms with Crippen molar-refractivity contribution in [3.05, 3.63) is 47.9 Å². The molecular formula is C18H20N4O. The Kier molecular flexibility index (Phi) is 4.72. The van der Waals surface area contributed by atoms with Crippen LogP contribution >= 0.6 is 0 Å². The first-order chi connectivity index (χ1) is 11.2. The van der Waals surface area contributed by atoms with Crippen molar-refractivity contribution in [2.75, 3.05) is 24.6 Å². The zero-order valence-electron chi connectivity index (χ0n) is 13.3. The predicted molar refractivity (Wildman–Crippen MR) is 88.4 cm³/mol. The standard InChI is InChI=1S/C18H20N4O/c1-14-10-17(7-8-20-14)23-13-15-4-3-9-22(12-15)18-6-2-5-16(11-19)21-18/h2,5-8,10,15H,3-4,9,12-13H2,1H3. The SMILES string of the molecule is Cc1cc(OCC2CCCN(c3cccc(C#N)n3)C2)ccn1. The van der Waals surface area contributed by atoms with E-state index in [9.17, 15) is 0 Å². The van der Waals surface area contributed by atoms with Gasteiger partial charge < -0.3 is 9.64 Å². The molecule has 3 rings (SSSR count). The number of nitriles is 1. The van der Waals surface area contributed by atoms with Crippen molar-refractivity contribution in [1.82, 2.24) is 9.97 Å². The molecule has 0 amide bonds. The van der Waals surface area contributed by atoms with Crippen LogP contribution in [0, 0.1) is 24.2 Å². The number of pyridine rings is 2. The third-order valence-electron chi connectivity index (χ3n) is 4.05. The topological polar surface area (TPSA) is 62.0 Å². The summed E-state index contributed by atoms with van der Waals surface area (Å²) in [5.74, 6) is 2.22. The van der Waals surface area contributed by atoms with Gasteiger partial charge in [0.05, 0.1) is 6.61 Å². The minimum absolute atomic E-state index is 0.463. The van der Waals surface area contributed by atoms with Gasteiger partial charge in [-0.15, -0.1) is 0 Å². The van der Waals surface area contributed by atoms with Crippen molar-refractivity contribution in [1.29, 1.82) is 5.26 Å². The molecule has 23 heavy (non-hydrogen) atoms. The number of hydrogen-bond donors (Lipinski definition) is 0. The lowest BCUT2D eigenvalue weighted by Gasteiger charge is -2.33. The van der Waals surface area contributed by atoms with Gasteiger partial charge >= 0.3 is 0 Å². The summed E-state index contributed by atoms with van der Waals surface area (Å²) in [4.78, 5) is 10.8. The van der Waals surface area contributed by atoms with E-state index in [1.54, 1.807) is 12.3 Å². The number of aromatic nitrogens is 2. The Morgan fingerprint density at radius 3 is 3.13 bits per heavy atom. The number of nitrogens with zero attached hydrogens (tertiary/aromatic N) is 4. The smallest absolute Gasteiger partial charge is 0.142 e. The highest BCUT2D eigenvalue weighted by atomic mass is 16.5. The molecule has 1 aliphatic heterocycles. The van der Waals surface area contributed by atoms with Crippen molar-refractivity contribution in [3.63, 3.8) is 0 Å². The van der Waals surface area contributed by atoms with Gasteiger partial charge in [0.25, 0.3) is 0 Å². The van der Waals surface area contributed by atoms with Gasteiger partial charge in [-0.1, -0.05) is 6.07 Å². The molecule has 0 saturated carbocycles. The number of ether oxygens (including phenoxy) is 1. The quantitative estimate of drug-likeness (QED) is 0.869. The molecule has 0 spiro atoms. The van der Waals surface area contributed by atoms with Crippen molar-refractivity contribution in [2.24, 2.45) is 5.92 Å². The number of piperidine rings is 1. The molecule has 3 heterocycles. The summed E-state index contributed by atoms with van der Waals surface area (Å²) < 4.78 is 5.92. The summed E-state index contributed by atoms with van der Waals surface area (Å²) in [7, 11) is 0. The van der Waals surface area contributed by atoms with Crippen molar-refractivity contribution >= 4 is 5.82 Å². The Morgan fingerprint density at radius 2 is 2.30 bits per heavy atom. The molecule has 1 fully saturated rings. The number of anilines is 1. The molecule has 5 heteroatoms. The van der Waals surface area contributed by atoms with Gasteiger partial charge in [-0.05, 0) is 38.0 Å². The van der Waals surface area contributed by atoms with E-state index in [1.807, 2.05) is 31.2 Å². The fraction of sp³-hybridized carbons (Fsp3) is 0.389. The third-order valence-corrected chi connectivity index (χ3v) is 4.05. The monoisotopic (exact) mass is 308 g/mol. The van der Waals surface area contributed by atoms with Gasteiger partial charge in [0.2, 0.25) is 0 Å². The van der Waals surface area contributed by atoms with Crippen LogP contribution in [0.3, 0.4) is 0 Å². The van der Waals surface area contributed by atoms with E-state index in [1.165, 1.54) is 0 Å². The summed E-state index contributed by atoms with van der Waals surface area (Å²) in [6.07, 6.45) is 4.04. The Labute approximate surface area is 136 Å². The first-order valence-corrected chi connectivity index (χ1v) is 7.92. The molecule has 118 valence electrons. The summed E-state index contributed by atoms with van der Waals surface area (Å²) in [5, 5.41) is 8.99. The van der Waals surface area contributed by atoms with Crippen LogP contribution in [0.15, 0.2) is 36.5 Å². The second kappa shape index (κ2) is 7.10. The molecule has 0 radical (unpaired) electrons. The van der Waals surface area contributed by atoms with E-state index < -0.39 is 0 Å². The van der Waals surface area contributed by atoms with Crippen LogP contribution in [0.1, 0.15) is 24.2 Å². The normalized spacial score (nSPS) is 17.6. The summed E-state index contributed by atoms with van der Waals surface area (Å²) in [6, 6.07) is 11.5. The fourth-order valence-corrected chi connectivity index (χ4v) is 2.89. The molecule has 1 atom stereocenters. The third kappa shape index (κ3) is 3.98. The molecule has 0 bridgehead atoms. The minimum Gasteiger partial charge on any atom is -0.493 e. The number of aryl methyl sites for hydroxylation is 1. The molecule has 1 unspecified atom stereocenters. The van der Waals surface area contributed by atoms with Crippen LogP contribution in [0.4, 0.5) is 5.82 Å². The van der Waals surface area contributed by atoms with E-state index in [2.05, 4.69) is 20.9 Å². The van der Waals surface area contributed by atoms with Crippen LogP contribution in [-0.4, -0.2) is 29.7 Å². The molecular weight excluding hydrogens is 288 g/mol. The maximum atomic E-state index is 8.99. The van der Waals surface area contributed by atoms with Crippen LogP contribution in [-0.2, 0) is 0 Å². The number of hydrogen-bond acceptors (Lipinski definition) is 5. The highest BCUT2D eigenvalue weighted by Gasteiger charge is 2.21. The van der Waals surface area contributed by atoms with Crippen molar-refractivity contribution in [3.8, 4) is 11.8 Å². The lowest BCUT2D eigenvalue weighted by atomic mass is 9.99. The average Bonchev–Trinajstić information content (AvgIpc) is 2.60. The maximum absolute atomic E-state index is 8.99. The van der Waals surface area contributed by atoms with Crippen LogP contribution in [0.25, 0.3) is 0 Å². The molecule has 1 saturated heterocycles. The number of rotatable bonds is 4. The van der Waals surface area contributed by atoms with E-state index in [0.717, 1.165) is 43.2 Å². The van der Waals surface area contributed by atoms with Crippen LogP contribution < -0.4 is 9.64 Å².